The second-order valence-corrected chi connectivity index (χ2v) is 6.51. The monoisotopic (exact) mass is 369 g/mol. The molecule has 1 amide bonds. The van der Waals surface area contributed by atoms with Gasteiger partial charge in [-0.15, -0.1) is 0 Å². The van der Waals surface area contributed by atoms with Gasteiger partial charge in [-0.3, -0.25) is 4.79 Å². The van der Waals surface area contributed by atoms with Gasteiger partial charge in [0.15, 0.2) is 0 Å². The van der Waals surface area contributed by atoms with Gasteiger partial charge in [-0.2, -0.15) is 0 Å². The van der Waals surface area contributed by atoms with E-state index in [9.17, 15) is 14.7 Å². The normalized spacial score (nSPS) is 19.3. The van der Waals surface area contributed by atoms with Crippen LogP contribution in [-0.4, -0.2) is 30.7 Å². The number of amides is 1. The molecule has 2 aromatic rings. The van der Waals surface area contributed by atoms with Crippen molar-refractivity contribution < 1.29 is 24.2 Å². The van der Waals surface area contributed by atoms with E-state index in [4.69, 9.17) is 9.47 Å². The van der Waals surface area contributed by atoms with Gasteiger partial charge in [0, 0.05) is 13.2 Å². The van der Waals surface area contributed by atoms with Crippen molar-refractivity contribution in [3.05, 3.63) is 65.2 Å². The summed E-state index contributed by atoms with van der Waals surface area (Å²) in [6.45, 7) is 0.894. The zero-order valence-electron chi connectivity index (χ0n) is 15.2. The van der Waals surface area contributed by atoms with Crippen molar-refractivity contribution in [3.8, 4) is 5.75 Å². The lowest BCUT2D eigenvalue weighted by Crippen LogP contribution is -2.37. The molecule has 0 radical (unpaired) electrons. The second-order valence-electron chi connectivity index (χ2n) is 6.51. The molecule has 1 fully saturated rings. The lowest BCUT2D eigenvalue weighted by atomic mass is 9.88. The van der Waals surface area contributed by atoms with Gasteiger partial charge in [0.05, 0.1) is 19.1 Å². The molecule has 3 rings (SSSR count). The third-order valence-electron chi connectivity index (χ3n) is 4.75. The molecular formula is C21H23NO5. The minimum Gasteiger partial charge on any atom is -0.496 e. The summed E-state index contributed by atoms with van der Waals surface area (Å²) in [5.74, 6) is -1.12. The zero-order valence-corrected chi connectivity index (χ0v) is 15.2. The fraction of sp³-hybridized carbons (Fsp3) is 0.333. The summed E-state index contributed by atoms with van der Waals surface area (Å²) in [6.07, 6.45) is 1.34. The predicted octanol–water partition coefficient (Wildman–Crippen LogP) is 3.18. The lowest BCUT2D eigenvalue weighted by Gasteiger charge is -2.31. The molecular weight excluding hydrogens is 346 g/mol. The fourth-order valence-electron chi connectivity index (χ4n) is 3.37. The first-order chi connectivity index (χ1) is 13.1. The van der Waals surface area contributed by atoms with Gasteiger partial charge in [-0.25, -0.2) is 4.79 Å². The molecule has 1 saturated heterocycles. The van der Waals surface area contributed by atoms with Crippen molar-refractivity contribution in [1.29, 1.82) is 0 Å². The minimum atomic E-state index is -1.06. The maximum absolute atomic E-state index is 12.8. The number of carbonyl (C=O) groups excluding carboxylic acids is 1. The topological polar surface area (TPSA) is 84.9 Å². The summed E-state index contributed by atoms with van der Waals surface area (Å²) in [5.41, 5.74) is 1.77. The average Bonchev–Trinajstić information content (AvgIpc) is 2.72. The van der Waals surface area contributed by atoms with E-state index in [-0.39, 0.29) is 30.0 Å². The van der Waals surface area contributed by atoms with Crippen molar-refractivity contribution in [2.75, 3.05) is 13.7 Å². The highest BCUT2D eigenvalue weighted by Crippen LogP contribution is 2.33. The third-order valence-corrected chi connectivity index (χ3v) is 4.75. The van der Waals surface area contributed by atoms with E-state index in [0.717, 1.165) is 18.4 Å². The van der Waals surface area contributed by atoms with E-state index in [2.05, 4.69) is 5.32 Å². The average molecular weight is 369 g/mol. The van der Waals surface area contributed by atoms with Crippen molar-refractivity contribution in [3.63, 3.8) is 0 Å². The van der Waals surface area contributed by atoms with Crippen LogP contribution in [-0.2, 0) is 16.1 Å². The molecule has 1 aliphatic rings. The van der Waals surface area contributed by atoms with Gasteiger partial charge in [-0.05, 0) is 36.1 Å². The molecule has 1 aliphatic heterocycles. The Hall–Kier alpha value is -2.86. The standard InChI is InChI=1S/C21H23NO5/c1-26-18-10-9-14(12-17(18)21(24)25)13-22-20(23)16-8-5-11-27-19(16)15-6-3-2-4-7-15/h2-4,6-7,9-10,12,16,19H,5,8,11,13H2,1H3,(H,22,23)(H,24,25)/t16-,19-/m0/s1. The maximum Gasteiger partial charge on any atom is 0.339 e. The Labute approximate surface area is 158 Å². The lowest BCUT2D eigenvalue weighted by molar-refractivity contribution is -0.134. The molecule has 0 aromatic heterocycles. The second kappa shape index (κ2) is 8.68. The summed E-state index contributed by atoms with van der Waals surface area (Å²) in [6, 6.07) is 14.6. The molecule has 6 heteroatoms. The van der Waals surface area contributed by atoms with Crippen molar-refractivity contribution in [2.24, 2.45) is 5.92 Å². The number of carbonyl (C=O) groups is 2. The molecule has 2 N–H and O–H groups in total. The van der Waals surface area contributed by atoms with Crippen LogP contribution in [0.3, 0.4) is 0 Å². The first-order valence-corrected chi connectivity index (χ1v) is 8.94. The molecule has 2 aromatic carbocycles. The number of rotatable bonds is 6. The minimum absolute atomic E-state index is 0.0763. The van der Waals surface area contributed by atoms with Crippen LogP contribution < -0.4 is 10.1 Å². The van der Waals surface area contributed by atoms with Gasteiger partial charge in [0.25, 0.3) is 0 Å². The van der Waals surface area contributed by atoms with Crippen molar-refractivity contribution in [1.82, 2.24) is 5.32 Å². The van der Waals surface area contributed by atoms with E-state index < -0.39 is 5.97 Å². The SMILES string of the molecule is COc1ccc(CNC(=O)[C@H]2CCCO[C@H]2c2ccccc2)cc1C(=O)O. The van der Waals surface area contributed by atoms with Crippen LogP contribution in [0.15, 0.2) is 48.5 Å². The Bertz CT molecular complexity index is 805. The molecule has 0 bridgehead atoms. The summed E-state index contributed by atoms with van der Waals surface area (Å²) in [5, 5.41) is 12.2. The number of ether oxygens (including phenoxy) is 2. The Morgan fingerprint density at radius 2 is 2.00 bits per heavy atom. The molecule has 2 atom stereocenters. The Kier molecular flexibility index (Phi) is 6.08. The van der Waals surface area contributed by atoms with E-state index in [1.165, 1.54) is 13.2 Å². The molecule has 27 heavy (non-hydrogen) atoms. The Balaban J connectivity index is 1.69. The number of hydrogen-bond acceptors (Lipinski definition) is 4. The van der Waals surface area contributed by atoms with Gasteiger partial charge < -0.3 is 19.9 Å². The molecule has 142 valence electrons. The highest BCUT2D eigenvalue weighted by atomic mass is 16.5. The van der Waals surface area contributed by atoms with Gasteiger partial charge in [0.1, 0.15) is 11.3 Å². The number of methoxy groups -OCH3 is 1. The summed E-state index contributed by atoms with van der Waals surface area (Å²) >= 11 is 0. The summed E-state index contributed by atoms with van der Waals surface area (Å²) < 4.78 is 10.9. The summed E-state index contributed by atoms with van der Waals surface area (Å²) in [4.78, 5) is 24.1. The van der Waals surface area contributed by atoms with Crippen LogP contribution in [0.1, 0.15) is 40.4 Å². The number of aromatic carboxylic acids is 1. The van der Waals surface area contributed by atoms with Crippen molar-refractivity contribution in [2.45, 2.75) is 25.5 Å². The molecule has 0 saturated carbocycles. The van der Waals surface area contributed by atoms with Crippen molar-refractivity contribution >= 4 is 11.9 Å². The summed E-state index contributed by atoms with van der Waals surface area (Å²) in [7, 11) is 1.43. The first-order valence-electron chi connectivity index (χ1n) is 8.94. The number of hydrogen-bond donors (Lipinski definition) is 2. The van der Waals surface area contributed by atoms with E-state index in [1.54, 1.807) is 12.1 Å². The smallest absolute Gasteiger partial charge is 0.339 e. The highest BCUT2D eigenvalue weighted by Gasteiger charge is 2.32. The van der Waals surface area contributed by atoms with E-state index >= 15 is 0 Å². The predicted molar refractivity (Wildman–Crippen MR) is 99.7 cm³/mol. The number of benzene rings is 2. The Morgan fingerprint density at radius 3 is 2.70 bits per heavy atom. The zero-order chi connectivity index (χ0) is 19.2. The maximum atomic E-state index is 12.8. The highest BCUT2D eigenvalue weighted by molar-refractivity contribution is 5.91. The number of carboxylic acids is 1. The van der Waals surface area contributed by atoms with Gasteiger partial charge in [0.2, 0.25) is 5.91 Å². The quantitative estimate of drug-likeness (QED) is 0.817. The fourth-order valence-corrected chi connectivity index (χ4v) is 3.37. The van der Waals surface area contributed by atoms with Crippen LogP contribution >= 0.6 is 0 Å². The van der Waals surface area contributed by atoms with Crippen LogP contribution in [0.25, 0.3) is 0 Å². The van der Waals surface area contributed by atoms with Crippen LogP contribution in [0.5, 0.6) is 5.75 Å². The van der Waals surface area contributed by atoms with Gasteiger partial charge >= 0.3 is 5.97 Å². The number of carboxylic acid groups (broad SMARTS) is 1. The molecule has 0 spiro atoms. The molecule has 0 aliphatic carbocycles. The van der Waals surface area contributed by atoms with Crippen LogP contribution in [0.2, 0.25) is 0 Å². The molecule has 0 unspecified atom stereocenters. The largest absolute Gasteiger partial charge is 0.496 e. The third kappa shape index (κ3) is 4.46. The Morgan fingerprint density at radius 1 is 1.22 bits per heavy atom. The number of nitrogens with one attached hydrogen (secondary N) is 1. The van der Waals surface area contributed by atoms with E-state index in [1.807, 2.05) is 30.3 Å². The molecule has 1 heterocycles. The first kappa shape index (κ1) is 18.9. The molecule has 6 nitrogen and oxygen atoms in total. The van der Waals surface area contributed by atoms with Gasteiger partial charge in [-0.1, -0.05) is 36.4 Å². The van der Waals surface area contributed by atoms with Crippen LogP contribution in [0.4, 0.5) is 0 Å². The van der Waals surface area contributed by atoms with Crippen LogP contribution in [0, 0.1) is 5.92 Å². The van der Waals surface area contributed by atoms with E-state index in [0.29, 0.717) is 17.9 Å².